The first-order chi connectivity index (χ1) is 16.9. The Hall–Kier alpha value is -3.44. The molecule has 1 aromatic heterocycles. The zero-order valence-corrected chi connectivity index (χ0v) is 21.7. The molecule has 1 N–H and O–H groups in total. The van der Waals surface area contributed by atoms with E-state index in [1.165, 1.54) is 23.3 Å². The Kier molecular flexibility index (Phi) is 6.20. The van der Waals surface area contributed by atoms with Crippen LogP contribution in [-0.2, 0) is 9.59 Å². The normalized spacial score (nSPS) is 17.2. The van der Waals surface area contributed by atoms with E-state index < -0.39 is 17.7 Å². The fraction of sp³-hybridized carbons (Fsp3) is 0.115. The van der Waals surface area contributed by atoms with E-state index in [1.807, 2.05) is 30.3 Å². The van der Waals surface area contributed by atoms with E-state index in [4.69, 9.17) is 9.47 Å². The predicted octanol–water partition coefficient (Wildman–Crippen LogP) is 5.54. The number of amides is 1. The number of carbonyl (C=O) groups excluding carboxylic acids is 2. The van der Waals surface area contributed by atoms with Crippen LogP contribution in [0.5, 0.6) is 11.5 Å². The number of methoxy groups -OCH3 is 2. The van der Waals surface area contributed by atoms with Crippen molar-refractivity contribution < 1.29 is 24.2 Å². The number of anilines is 1. The van der Waals surface area contributed by atoms with Gasteiger partial charge in [-0.3, -0.25) is 14.5 Å². The Bertz CT molecular complexity index is 1500. The predicted molar refractivity (Wildman–Crippen MR) is 143 cm³/mol. The van der Waals surface area contributed by atoms with Crippen molar-refractivity contribution in [1.82, 2.24) is 4.98 Å². The number of rotatable bonds is 5. The van der Waals surface area contributed by atoms with Gasteiger partial charge in [-0.2, -0.15) is 0 Å². The minimum Gasteiger partial charge on any atom is -0.507 e. The molecule has 0 aliphatic carbocycles. The second-order valence-electron chi connectivity index (χ2n) is 7.78. The third-order valence-corrected chi connectivity index (χ3v) is 7.50. The first kappa shape index (κ1) is 23.3. The molecule has 35 heavy (non-hydrogen) atoms. The molecule has 0 radical (unpaired) electrons. The molecule has 5 rings (SSSR count). The van der Waals surface area contributed by atoms with Crippen LogP contribution in [0, 0.1) is 3.57 Å². The molecule has 0 bridgehead atoms. The lowest BCUT2D eigenvalue weighted by atomic mass is 9.95. The molecule has 1 unspecified atom stereocenters. The zero-order valence-electron chi connectivity index (χ0n) is 18.7. The largest absolute Gasteiger partial charge is 0.507 e. The molecular formula is C26H19IN2O5S. The number of carbonyl (C=O) groups is 2. The molecule has 1 amide bonds. The summed E-state index contributed by atoms with van der Waals surface area (Å²) in [7, 11) is 3.10. The summed E-state index contributed by atoms with van der Waals surface area (Å²) in [5.74, 6) is -0.595. The number of nitrogens with zero attached hydrogens (tertiary/aromatic N) is 2. The van der Waals surface area contributed by atoms with E-state index in [0.29, 0.717) is 33.3 Å². The molecule has 2 heterocycles. The van der Waals surface area contributed by atoms with Crippen molar-refractivity contribution in [3.8, 4) is 11.5 Å². The van der Waals surface area contributed by atoms with Crippen LogP contribution >= 0.6 is 33.9 Å². The number of benzene rings is 3. The maximum Gasteiger partial charge on any atom is 0.301 e. The maximum absolute atomic E-state index is 13.4. The van der Waals surface area contributed by atoms with Gasteiger partial charge in [0.1, 0.15) is 17.3 Å². The van der Waals surface area contributed by atoms with Crippen molar-refractivity contribution in [2.45, 2.75) is 6.04 Å². The summed E-state index contributed by atoms with van der Waals surface area (Å²) in [6.45, 7) is 0. The van der Waals surface area contributed by atoms with Gasteiger partial charge in [-0.15, -0.1) is 0 Å². The van der Waals surface area contributed by atoms with Crippen LogP contribution in [0.15, 0.2) is 72.3 Å². The molecule has 1 fully saturated rings. The van der Waals surface area contributed by atoms with Crippen LogP contribution < -0.4 is 14.4 Å². The van der Waals surface area contributed by atoms with Crippen molar-refractivity contribution in [3.63, 3.8) is 0 Å². The number of hydrogen-bond acceptors (Lipinski definition) is 7. The number of thiazole rings is 1. The van der Waals surface area contributed by atoms with E-state index in [-0.39, 0.29) is 11.3 Å². The van der Waals surface area contributed by atoms with Crippen LogP contribution in [0.1, 0.15) is 17.2 Å². The molecular weight excluding hydrogens is 579 g/mol. The molecule has 1 aliphatic heterocycles. The van der Waals surface area contributed by atoms with Crippen molar-refractivity contribution in [2.75, 3.05) is 19.1 Å². The van der Waals surface area contributed by atoms with Gasteiger partial charge in [-0.1, -0.05) is 35.6 Å². The molecule has 1 saturated heterocycles. The Morgan fingerprint density at radius 2 is 1.71 bits per heavy atom. The highest BCUT2D eigenvalue weighted by molar-refractivity contribution is 14.1. The third kappa shape index (κ3) is 4.14. The van der Waals surface area contributed by atoms with E-state index >= 15 is 0 Å². The quantitative estimate of drug-likeness (QED) is 0.140. The summed E-state index contributed by atoms with van der Waals surface area (Å²) >= 11 is 3.47. The molecule has 0 saturated carbocycles. The Balaban J connectivity index is 1.71. The maximum atomic E-state index is 13.4. The van der Waals surface area contributed by atoms with E-state index in [2.05, 4.69) is 27.6 Å². The Labute approximate surface area is 218 Å². The average Bonchev–Trinajstić information content (AvgIpc) is 3.41. The van der Waals surface area contributed by atoms with Crippen molar-refractivity contribution in [2.24, 2.45) is 0 Å². The fourth-order valence-electron chi connectivity index (χ4n) is 4.04. The molecule has 0 spiro atoms. The van der Waals surface area contributed by atoms with Gasteiger partial charge < -0.3 is 14.6 Å². The van der Waals surface area contributed by atoms with Gasteiger partial charge in [-0.05, 0) is 70.6 Å². The second kappa shape index (κ2) is 9.31. The summed E-state index contributed by atoms with van der Waals surface area (Å²) in [4.78, 5) is 32.7. The highest BCUT2D eigenvalue weighted by Crippen LogP contribution is 2.44. The number of aromatic nitrogens is 1. The molecule has 176 valence electrons. The number of ether oxygens (including phenoxy) is 2. The summed E-state index contributed by atoms with van der Waals surface area (Å²) in [5, 5.41) is 11.6. The van der Waals surface area contributed by atoms with Crippen molar-refractivity contribution in [1.29, 1.82) is 0 Å². The van der Waals surface area contributed by atoms with Crippen LogP contribution in [-0.4, -0.2) is 36.0 Å². The van der Waals surface area contributed by atoms with E-state index in [9.17, 15) is 14.7 Å². The van der Waals surface area contributed by atoms with Gasteiger partial charge in [0.05, 0.1) is 36.1 Å². The topological polar surface area (TPSA) is 89.0 Å². The summed E-state index contributed by atoms with van der Waals surface area (Å²) in [6, 6.07) is 18.8. The average molecular weight is 598 g/mol. The van der Waals surface area contributed by atoms with Crippen LogP contribution in [0.4, 0.5) is 5.13 Å². The van der Waals surface area contributed by atoms with Gasteiger partial charge in [0, 0.05) is 9.13 Å². The Morgan fingerprint density at radius 3 is 2.43 bits per heavy atom. The fourth-order valence-corrected chi connectivity index (χ4v) is 5.42. The lowest BCUT2D eigenvalue weighted by Crippen LogP contribution is -2.29. The van der Waals surface area contributed by atoms with Crippen molar-refractivity contribution in [3.05, 3.63) is 87.0 Å². The summed E-state index contributed by atoms with van der Waals surface area (Å²) in [6.07, 6.45) is 0. The molecule has 3 aromatic carbocycles. The van der Waals surface area contributed by atoms with Gasteiger partial charge in [0.25, 0.3) is 5.78 Å². The van der Waals surface area contributed by atoms with Crippen LogP contribution in [0.25, 0.3) is 16.0 Å². The zero-order chi connectivity index (χ0) is 24.7. The lowest BCUT2D eigenvalue weighted by molar-refractivity contribution is -0.132. The van der Waals surface area contributed by atoms with Gasteiger partial charge >= 0.3 is 5.91 Å². The monoisotopic (exact) mass is 598 g/mol. The molecule has 1 atom stereocenters. The number of hydrogen-bond donors (Lipinski definition) is 1. The lowest BCUT2D eigenvalue weighted by Gasteiger charge is -2.23. The highest BCUT2D eigenvalue weighted by Gasteiger charge is 2.48. The standard InChI is InChI=1S/C26H19IN2O5S/c1-33-17-5-3-4-15(12-17)23(30)21-22(14-6-8-16(27)9-7-14)29(25(32)24(21)31)26-28-19-11-10-18(34-2)13-20(19)35-26/h3-13,22,30H,1-2H3/b23-21+. The van der Waals surface area contributed by atoms with Crippen LogP contribution in [0.2, 0.25) is 0 Å². The second-order valence-corrected chi connectivity index (χ2v) is 10.0. The van der Waals surface area contributed by atoms with Crippen molar-refractivity contribution >= 4 is 66.7 Å². The smallest absolute Gasteiger partial charge is 0.301 e. The van der Waals surface area contributed by atoms with Gasteiger partial charge in [0.15, 0.2) is 5.13 Å². The minimum atomic E-state index is -0.847. The van der Waals surface area contributed by atoms with Gasteiger partial charge in [0.2, 0.25) is 0 Å². The highest BCUT2D eigenvalue weighted by atomic mass is 127. The number of halogens is 1. The third-order valence-electron chi connectivity index (χ3n) is 5.76. The van der Waals surface area contributed by atoms with Crippen LogP contribution in [0.3, 0.4) is 0 Å². The molecule has 7 nitrogen and oxygen atoms in total. The number of aliphatic hydroxyl groups is 1. The first-order valence-corrected chi connectivity index (χ1v) is 12.5. The number of fused-ring (bicyclic) bond motifs is 1. The Morgan fingerprint density at radius 1 is 1.00 bits per heavy atom. The first-order valence-electron chi connectivity index (χ1n) is 10.6. The molecule has 1 aliphatic rings. The number of Topliss-reactive ketones (excluding diaryl/α,β-unsaturated/α-hetero) is 1. The molecule has 9 heteroatoms. The SMILES string of the molecule is COc1cccc(/C(O)=C2\C(=O)C(=O)N(c3nc4ccc(OC)cc4s3)C2c2ccc(I)cc2)c1. The molecule has 4 aromatic rings. The number of ketones is 1. The number of aliphatic hydroxyl groups excluding tert-OH is 1. The summed E-state index contributed by atoms with van der Waals surface area (Å²) < 4.78 is 12.4. The van der Waals surface area contributed by atoms with Gasteiger partial charge in [-0.25, -0.2) is 4.98 Å². The van der Waals surface area contributed by atoms with E-state index in [1.54, 1.807) is 43.5 Å². The van der Waals surface area contributed by atoms with E-state index in [0.717, 1.165) is 8.27 Å². The minimum absolute atomic E-state index is 0.00120. The summed E-state index contributed by atoms with van der Waals surface area (Å²) in [5.41, 5.74) is 1.75.